The number of ether oxygens (including phenoxy) is 1. The molecule has 0 unspecified atom stereocenters. The molecule has 0 aromatic carbocycles. The van der Waals surface area contributed by atoms with Crippen molar-refractivity contribution in [1.82, 2.24) is 24.6 Å². The van der Waals surface area contributed by atoms with E-state index in [0.717, 1.165) is 25.2 Å². The van der Waals surface area contributed by atoms with Crippen molar-refractivity contribution in [2.75, 3.05) is 31.6 Å². The van der Waals surface area contributed by atoms with Crippen molar-refractivity contribution >= 4 is 11.9 Å². The van der Waals surface area contributed by atoms with Crippen LogP contribution < -0.4 is 5.32 Å². The Hall–Kier alpha value is -2.48. The van der Waals surface area contributed by atoms with E-state index in [2.05, 4.69) is 20.4 Å². The Labute approximate surface area is 147 Å². The van der Waals surface area contributed by atoms with E-state index in [0.29, 0.717) is 31.6 Å². The minimum absolute atomic E-state index is 0.0286. The van der Waals surface area contributed by atoms with Gasteiger partial charge in [-0.25, -0.2) is 9.97 Å². The molecule has 1 aliphatic heterocycles. The van der Waals surface area contributed by atoms with Crippen molar-refractivity contribution in [3.63, 3.8) is 0 Å². The fraction of sp³-hybridized carbons (Fsp3) is 0.529. The van der Waals surface area contributed by atoms with E-state index in [9.17, 15) is 4.79 Å². The zero-order valence-corrected chi connectivity index (χ0v) is 14.5. The normalized spacial score (nSPS) is 17.0. The average molecular weight is 344 g/mol. The van der Waals surface area contributed by atoms with Crippen LogP contribution in [-0.4, -0.2) is 56.9 Å². The third kappa shape index (κ3) is 4.76. The third-order valence-corrected chi connectivity index (χ3v) is 4.25. The van der Waals surface area contributed by atoms with Gasteiger partial charge in [-0.2, -0.15) is 5.10 Å². The maximum Gasteiger partial charge on any atom is 0.248 e. The van der Waals surface area contributed by atoms with Gasteiger partial charge in [0.2, 0.25) is 11.9 Å². The van der Waals surface area contributed by atoms with Gasteiger partial charge >= 0.3 is 0 Å². The van der Waals surface area contributed by atoms with E-state index in [1.807, 2.05) is 22.6 Å². The summed E-state index contributed by atoms with van der Waals surface area (Å²) in [6.07, 6.45) is 6.12. The molecule has 25 heavy (non-hydrogen) atoms. The first-order valence-electron chi connectivity index (χ1n) is 8.63. The number of fused-ring (bicyclic) bond motifs is 1. The quantitative estimate of drug-likeness (QED) is 0.812. The highest BCUT2D eigenvalue weighted by molar-refractivity contribution is 5.77. The lowest BCUT2D eigenvalue weighted by Gasteiger charge is -2.24. The van der Waals surface area contributed by atoms with E-state index in [-0.39, 0.29) is 12.5 Å². The van der Waals surface area contributed by atoms with Gasteiger partial charge in [0.25, 0.3) is 0 Å². The lowest BCUT2D eigenvalue weighted by molar-refractivity contribution is -0.137. The number of carbonyl (C=O) groups excluding carboxylic acids is 1. The predicted molar refractivity (Wildman–Crippen MR) is 92.8 cm³/mol. The molecule has 2 aromatic heterocycles. The number of carbonyl (C=O) groups is 1. The van der Waals surface area contributed by atoms with Gasteiger partial charge < -0.3 is 15.0 Å². The fourth-order valence-corrected chi connectivity index (χ4v) is 2.96. The number of amides is 1. The van der Waals surface area contributed by atoms with Gasteiger partial charge in [0.05, 0.1) is 12.2 Å². The smallest absolute Gasteiger partial charge is 0.248 e. The number of rotatable bonds is 7. The van der Waals surface area contributed by atoms with Gasteiger partial charge in [-0.05, 0) is 31.4 Å². The van der Waals surface area contributed by atoms with Gasteiger partial charge in [0.1, 0.15) is 6.61 Å². The lowest BCUT2D eigenvalue weighted by atomic mass is 10.1. The number of aromatic nitrogens is 4. The molecular weight excluding hydrogens is 320 g/mol. The predicted octanol–water partition coefficient (Wildman–Crippen LogP) is 1.17. The molecule has 0 saturated heterocycles. The standard InChI is InChI=1S/C17H24N6O2/c1-2-25-13-16(24)22-10-14(11-23-15(12-22)5-9-21-23)4-8-20-17-18-6-3-7-19-17/h3,5-7,9,14H,2,4,8,10-13H2,1H3,(H,18,19,20)/t14-/m0/s1. The van der Waals surface area contributed by atoms with Crippen LogP contribution in [-0.2, 0) is 22.6 Å². The summed E-state index contributed by atoms with van der Waals surface area (Å²) in [6.45, 7) is 5.40. The zero-order chi connectivity index (χ0) is 17.5. The van der Waals surface area contributed by atoms with E-state index < -0.39 is 0 Å². The molecule has 1 aliphatic rings. The van der Waals surface area contributed by atoms with Crippen LogP contribution in [0.4, 0.5) is 5.95 Å². The Bertz CT molecular complexity index is 675. The monoisotopic (exact) mass is 344 g/mol. The lowest BCUT2D eigenvalue weighted by Crippen LogP contribution is -2.36. The first-order valence-corrected chi connectivity index (χ1v) is 8.63. The molecule has 0 aliphatic carbocycles. The molecule has 8 nitrogen and oxygen atoms in total. The van der Waals surface area contributed by atoms with E-state index in [1.165, 1.54) is 0 Å². The molecule has 0 saturated carbocycles. The summed E-state index contributed by atoms with van der Waals surface area (Å²) in [4.78, 5) is 22.6. The molecule has 0 bridgehead atoms. The molecule has 0 spiro atoms. The van der Waals surface area contributed by atoms with Crippen LogP contribution in [0, 0.1) is 5.92 Å². The molecule has 3 heterocycles. The van der Waals surface area contributed by atoms with Crippen molar-refractivity contribution in [2.24, 2.45) is 5.92 Å². The van der Waals surface area contributed by atoms with Crippen molar-refractivity contribution in [1.29, 1.82) is 0 Å². The van der Waals surface area contributed by atoms with E-state index in [4.69, 9.17) is 4.74 Å². The molecular formula is C17H24N6O2. The summed E-state index contributed by atoms with van der Waals surface area (Å²) in [5.74, 6) is 0.962. The first kappa shape index (κ1) is 17.3. The average Bonchev–Trinajstić information content (AvgIpc) is 2.99. The topological polar surface area (TPSA) is 85.2 Å². The second-order valence-electron chi connectivity index (χ2n) is 6.07. The highest BCUT2D eigenvalue weighted by Crippen LogP contribution is 2.18. The number of anilines is 1. The Balaban J connectivity index is 1.61. The second-order valence-corrected chi connectivity index (χ2v) is 6.07. The van der Waals surface area contributed by atoms with Crippen molar-refractivity contribution < 1.29 is 9.53 Å². The molecule has 8 heteroatoms. The molecule has 134 valence electrons. The second kappa shape index (κ2) is 8.57. The minimum atomic E-state index is 0.0286. The Kier molecular flexibility index (Phi) is 5.95. The number of hydrogen-bond acceptors (Lipinski definition) is 6. The largest absolute Gasteiger partial charge is 0.372 e. The van der Waals surface area contributed by atoms with Crippen molar-refractivity contribution in [3.8, 4) is 0 Å². The Morgan fingerprint density at radius 3 is 2.96 bits per heavy atom. The fourth-order valence-electron chi connectivity index (χ4n) is 2.96. The van der Waals surface area contributed by atoms with Gasteiger partial charge in [-0.15, -0.1) is 0 Å². The molecule has 0 radical (unpaired) electrons. The minimum Gasteiger partial charge on any atom is -0.372 e. The van der Waals surface area contributed by atoms with Gasteiger partial charge in [-0.1, -0.05) is 0 Å². The number of hydrogen-bond donors (Lipinski definition) is 1. The molecule has 0 fully saturated rings. The summed E-state index contributed by atoms with van der Waals surface area (Å²) in [7, 11) is 0. The van der Waals surface area contributed by atoms with Crippen LogP contribution in [0.15, 0.2) is 30.7 Å². The summed E-state index contributed by atoms with van der Waals surface area (Å²) in [5.41, 5.74) is 1.06. The van der Waals surface area contributed by atoms with Crippen LogP contribution in [0.25, 0.3) is 0 Å². The molecule has 1 N–H and O–H groups in total. The maximum atomic E-state index is 12.4. The van der Waals surface area contributed by atoms with Crippen molar-refractivity contribution in [2.45, 2.75) is 26.4 Å². The van der Waals surface area contributed by atoms with Crippen LogP contribution in [0.5, 0.6) is 0 Å². The van der Waals surface area contributed by atoms with E-state index in [1.54, 1.807) is 24.7 Å². The van der Waals surface area contributed by atoms with E-state index >= 15 is 0 Å². The van der Waals surface area contributed by atoms with Crippen LogP contribution >= 0.6 is 0 Å². The summed E-state index contributed by atoms with van der Waals surface area (Å²) in [5, 5.41) is 7.62. The zero-order valence-electron chi connectivity index (χ0n) is 14.5. The summed E-state index contributed by atoms with van der Waals surface area (Å²) < 4.78 is 7.29. The van der Waals surface area contributed by atoms with Gasteiger partial charge in [-0.3, -0.25) is 9.48 Å². The molecule has 1 atom stereocenters. The molecule has 1 amide bonds. The van der Waals surface area contributed by atoms with Crippen LogP contribution in [0.2, 0.25) is 0 Å². The van der Waals surface area contributed by atoms with Gasteiger partial charge in [0, 0.05) is 44.8 Å². The maximum absolute atomic E-state index is 12.4. The van der Waals surface area contributed by atoms with Crippen LogP contribution in [0.1, 0.15) is 19.0 Å². The highest BCUT2D eigenvalue weighted by atomic mass is 16.5. The number of nitrogens with zero attached hydrogens (tertiary/aromatic N) is 5. The Morgan fingerprint density at radius 2 is 2.16 bits per heavy atom. The molecule has 3 rings (SSSR count). The summed E-state index contributed by atoms with van der Waals surface area (Å²) >= 11 is 0. The van der Waals surface area contributed by atoms with Gasteiger partial charge in [0.15, 0.2) is 0 Å². The third-order valence-electron chi connectivity index (χ3n) is 4.25. The SMILES string of the molecule is CCOCC(=O)N1Cc2ccnn2C[C@@H](CCNc2ncccn2)C1. The number of nitrogens with one attached hydrogen (secondary N) is 1. The highest BCUT2D eigenvalue weighted by Gasteiger charge is 2.25. The van der Waals surface area contributed by atoms with Crippen molar-refractivity contribution in [3.05, 3.63) is 36.4 Å². The van der Waals surface area contributed by atoms with Crippen LogP contribution in [0.3, 0.4) is 0 Å². The first-order chi connectivity index (χ1) is 12.3. The summed E-state index contributed by atoms with van der Waals surface area (Å²) in [6, 6.07) is 3.76. The Morgan fingerprint density at radius 1 is 1.32 bits per heavy atom. The molecule has 2 aromatic rings.